The van der Waals surface area contributed by atoms with Gasteiger partial charge in [0, 0.05) is 31.2 Å². The molecule has 1 amide bonds. The van der Waals surface area contributed by atoms with Gasteiger partial charge >= 0.3 is 0 Å². The highest BCUT2D eigenvalue weighted by Crippen LogP contribution is 2.19. The summed E-state index contributed by atoms with van der Waals surface area (Å²) in [5.74, 6) is 0.137. The Bertz CT molecular complexity index is 310. The van der Waals surface area contributed by atoms with Crippen LogP contribution in [0.1, 0.15) is 33.6 Å². The van der Waals surface area contributed by atoms with E-state index in [1.54, 1.807) is 0 Å². The fraction of sp³-hybridized carbons (Fsp3) is 0.929. The van der Waals surface area contributed by atoms with Crippen molar-refractivity contribution in [3.63, 3.8) is 0 Å². The number of morpholine rings is 1. The number of nitrogens with zero attached hydrogens (tertiary/aromatic N) is 1. The largest absolute Gasteiger partial charge is 0.378 e. The van der Waals surface area contributed by atoms with Gasteiger partial charge in [-0.15, -0.1) is 0 Å². The van der Waals surface area contributed by atoms with Crippen molar-refractivity contribution in [2.24, 2.45) is 0 Å². The summed E-state index contributed by atoms with van der Waals surface area (Å²) in [6, 6.07) is 0.306. The molecule has 19 heavy (non-hydrogen) atoms. The lowest BCUT2D eigenvalue weighted by molar-refractivity contribution is -0.132. The predicted molar refractivity (Wildman–Crippen MR) is 75.1 cm³/mol. The highest BCUT2D eigenvalue weighted by Gasteiger charge is 2.32. The van der Waals surface area contributed by atoms with E-state index in [4.69, 9.17) is 4.74 Å². The second kappa shape index (κ2) is 6.20. The van der Waals surface area contributed by atoms with E-state index in [1.807, 2.05) is 0 Å². The Morgan fingerprint density at radius 1 is 1.37 bits per heavy atom. The number of hydrogen-bond acceptors (Lipinski definition) is 4. The molecule has 0 bridgehead atoms. The zero-order valence-corrected chi connectivity index (χ0v) is 12.4. The summed E-state index contributed by atoms with van der Waals surface area (Å²) >= 11 is 0. The third kappa shape index (κ3) is 5.09. The first-order valence-corrected chi connectivity index (χ1v) is 7.33. The van der Waals surface area contributed by atoms with Crippen LogP contribution >= 0.6 is 0 Å². The molecule has 1 heterocycles. The molecule has 1 atom stereocenters. The number of carbonyl (C=O) groups excluding carboxylic acids is 1. The van der Waals surface area contributed by atoms with Crippen molar-refractivity contribution in [3.05, 3.63) is 0 Å². The first-order valence-electron chi connectivity index (χ1n) is 7.33. The Balaban J connectivity index is 1.79. The normalized spacial score (nSPS) is 25.3. The fourth-order valence-electron chi connectivity index (χ4n) is 2.25. The van der Waals surface area contributed by atoms with Gasteiger partial charge in [-0.2, -0.15) is 0 Å². The molecular formula is C14H27N3O2. The van der Waals surface area contributed by atoms with Crippen LogP contribution in [0.2, 0.25) is 0 Å². The molecule has 0 aromatic heterocycles. The Morgan fingerprint density at radius 2 is 2.11 bits per heavy atom. The van der Waals surface area contributed by atoms with Crippen LogP contribution in [0, 0.1) is 0 Å². The molecule has 2 N–H and O–H groups in total. The van der Waals surface area contributed by atoms with E-state index in [0.717, 1.165) is 39.1 Å². The smallest absolute Gasteiger partial charge is 0.239 e. The van der Waals surface area contributed by atoms with Crippen molar-refractivity contribution in [1.29, 1.82) is 0 Å². The first kappa shape index (κ1) is 14.8. The minimum absolute atomic E-state index is 0.115. The molecular weight excluding hydrogens is 242 g/mol. The molecule has 0 spiro atoms. The third-order valence-electron chi connectivity index (χ3n) is 3.52. The van der Waals surface area contributed by atoms with E-state index in [2.05, 4.69) is 36.3 Å². The molecule has 1 unspecified atom stereocenters. The van der Waals surface area contributed by atoms with Crippen LogP contribution in [0.15, 0.2) is 0 Å². The van der Waals surface area contributed by atoms with Gasteiger partial charge in [-0.25, -0.2) is 0 Å². The van der Waals surface area contributed by atoms with Crippen LogP contribution in [0.4, 0.5) is 0 Å². The number of hydrogen-bond donors (Lipinski definition) is 2. The van der Waals surface area contributed by atoms with Gasteiger partial charge in [0.25, 0.3) is 0 Å². The molecule has 0 radical (unpaired) electrons. The summed E-state index contributed by atoms with van der Waals surface area (Å²) in [7, 11) is 0. The maximum atomic E-state index is 12.2. The average molecular weight is 269 g/mol. The van der Waals surface area contributed by atoms with Crippen LogP contribution in [0.5, 0.6) is 0 Å². The van der Waals surface area contributed by atoms with Crippen LogP contribution in [-0.4, -0.2) is 61.3 Å². The van der Waals surface area contributed by atoms with E-state index in [0.29, 0.717) is 12.6 Å². The number of carbonyl (C=O) groups is 1. The van der Waals surface area contributed by atoms with Gasteiger partial charge in [-0.05, 0) is 33.6 Å². The van der Waals surface area contributed by atoms with Gasteiger partial charge in [-0.3, -0.25) is 9.69 Å². The van der Waals surface area contributed by atoms with Crippen molar-refractivity contribution < 1.29 is 9.53 Å². The van der Waals surface area contributed by atoms with E-state index in [1.165, 1.54) is 0 Å². The van der Waals surface area contributed by atoms with Gasteiger partial charge < -0.3 is 15.4 Å². The Labute approximate surface area is 116 Å². The molecule has 2 rings (SSSR count). The van der Waals surface area contributed by atoms with Gasteiger partial charge in [0.1, 0.15) is 6.04 Å². The minimum atomic E-state index is -0.115. The van der Waals surface area contributed by atoms with Crippen LogP contribution in [-0.2, 0) is 9.53 Å². The highest BCUT2D eigenvalue weighted by atomic mass is 16.5. The summed E-state index contributed by atoms with van der Waals surface area (Å²) in [5, 5.41) is 6.55. The van der Waals surface area contributed by atoms with Crippen molar-refractivity contribution in [2.45, 2.75) is 51.2 Å². The molecule has 110 valence electrons. The standard InChI is InChI=1S/C14H27N3O2/c1-14(2,3)15-6-7-17-8-9-19-10-12(17)13(18)16-11-4-5-11/h11-12,15H,4-10H2,1-3H3,(H,16,18). The van der Waals surface area contributed by atoms with Gasteiger partial charge in [0.2, 0.25) is 5.91 Å². The van der Waals surface area contributed by atoms with Crippen LogP contribution in [0.3, 0.4) is 0 Å². The topological polar surface area (TPSA) is 53.6 Å². The molecule has 0 aromatic rings. The minimum Gasteiger partial charge on any atom is -0.378 e. The molecule has 2 fully saturated rings. The maximum absolute atomic E-state index is 12.2. The summed E-state index contributed by atoms with van der Waals surface area (Å²) in [4.78, 5) is 14.4. The van der Waals surface area contributed by atoms with E-state index in [-0.39, 0.29) is 17.5 Å². The van der Waals surface area contributed by atoms with Crippen molar-refractivity contribution >= 4 is 5.91 Å². The Hall–Kier alpha value is -0.650. The average Bonchev–Trinajstić information content (AvgIpc) is 3.12. The molecule has 1 saturated heterocycles. The lowest BCUT2D eigenvalue weighted by Crippen LogP contribution is -2.56. The fourth-order valence-corrected chi connectivity index (χ4v) is 2.25. The van der Waals surface area contributed by atoms with Crippen LogP contribution in [0.25, 0.3) is 0 Å². The summed E-state index contributed by atoms with van der Waals surface area (Å²) < 4.78 is 5.46. The molecule has 1 saturated carbocycles. The summed E-state index contributed by atoms with van der Waals surface area (Å²) in [6.45, 7) is 10.3. The second-order valence-electron chi connectivity index (χ2n) is 6.59. The van der Waals surface area contributed by atoms with Crippen molar-refractivity contribution in [3.8, 4) is 0 Å². The predicted octanol–water partition coefficient (Wildman–Crippen LogP) is 0.354. The molecule has 5 nitrogen and oxygen atoms in total. The number of rotatable bonds is 5. The zero-order chi connectivity index (χ0) is 13.9. The maximum Gasteiger partial charge on any atom is 0.239 e. The van der Waals surface area contributed by atoms with E-state index < -0.39 is 0 Å². The van der Waals surface area contributed by atoms with Crippen LogP contribution < -0.4 is 10.6 Å². The van der Waals surface area contributed by atoms with Crippen molar-refractivity contribution in [2.75, 3.05) is 32.8 Å². The third-order valence-corrected chi connectivity index (χ3v) is 3.52. The van der Waals surface area contributed by atoms with Gasteiger partial charge in [-0.1, -0.05) is 0 Å². The summed E-state index contributed by atoms with van der Waals surface area (Å²) in [5.41, 5.74) is 0.123. The van der Waals surface area contributed by atoms with Gasteiger partial charge in [0.05, 0.1) is 13.2 Å². The van der Waals surface area contributed by atoms with E-state index in [9.17, 15) is 4.79 Å². The van der Waals surface area contributed by atoms with E-state index >= 15 is 0 Å². The highest BCUT2D eigenvalue weighted by molar-refractivity contribution is 5.82. The SMILES string of the molecule is CC(C)(C)NCCN1CCOCC1C(=O)NC1CC1. The Kier molecular flexibility index (Phi) is 4.81. The lowest BCUT2D eigenvalue weighted by atomic mass is 10.1. The number of amides is 1. The monoisotopic (exact) mass is 269 g/mol. The molecule has 5 heteroatoms. The summed E-state index contributed by atoms with van der Waals surface area (Å²) in [6.07, 6.45) is 2.26. The first-order chi connectivity index (χ1) is 8.96. The second-order valence-corrected chi connectivity index (χ2v) is 6.59. The molecule has 1 aliphatic heterocycles. The molecule has 1 aliphatic carbocycles. The Morgan fingerprint density at radius 3 is 2.74 bits per heavy atom. The molecule has 2 aliphatic rings. The van der Waals surface area contributed by atoms with Gasteiger partial charge in [0.15, 0.2) is 0 Å². The zero-order valence-electron chi connectivity index (χ0n) is 12.4. The molecule has 0 aromatic carbocycles. The quantitative estimate of drug-likeness (QED) is 0.756. The number of nitrogens with one attached hydrogen (secondary N) is 2. The van der Waals surface area contributed by atoms with Crippen molar-refractivity contribution in [1.82, 2.24) is 15.5 Å². The lowest BCUT2D eigenvalue weighted by Gasteiger charge is -2.35. The number of ether oxygens (including phenoxy) is 1.